The zero-order valence-electron chi connectivity index (χ0n) is 14.1. The molecular formula is C15H21N7O2. The van der Waals surface area contributed by atoms with E-state index < -0.39 is 0 Å². The lowest BCUT2D eigenvalue weighted by atomic mass is 10.3. The van der Waals surface area contributed by atoms with Gasteiger partial charge in [0.05, 0.1) is 17.9 Å². The van der Waals surface area contributed by atoms with Gasteiger partial charge in [-0.25, -0.2) is 4.98 Å². The number of nitrogens with one attached hydrogen (secondary N) is 1. The van der Waals surface area contributed by atoms with Crippen LogP contribution in [0.5, 0.6) is 0 Å². The molecule has 9 heteroatoms. The van der Waals surface area contributed by atoms with Crippen LogP contribution >= 0.6 is 0 Å². The number of nitrogens with zero attached hydrogens (tertiary/aromatic N) is 6. The molecule has 1 aliphatic heterocycles. The molecule has 0 atom stereocenters. The van der Waals surface area contributed by atoms with Crippen LogP contribution in [-0.2, 0) is 6.54 Å². The quantitative estimate of drug-likeness (QED) is 0.845. The number of hydrogen-bond donors (Lipinski definition) is 1. The van der Waals surface area contributed by atoms with E-state index in [1.807, 2.05) is 13.8 Å². The Morgan fingerprint density at radius 2 is 2.00 bits per heavy atom. The molecule has 3 rings (SSSR count). The van der Waals surface area contributed by atoms with Gasteiger partial charge in [-0.15, -0.1) is 0 Å². The highest BCUT2D eigenvalue weighted by Crippen LogP contribution is 2.18. The van der Waals surface area contributed by atoms with Crippen molar-refractivity contribution in [2.75, 3.05) is 38.1 Å². The van der Waals surface area contributed by atoms with Gasteiger partial charge in [0, 0.05) is 39.4 Å². The second-order valence-electron chi connectivity index (χ2n) is 5.77. The largest absolute Gasteiger partial charge is 0.353 e. The number of carbonyl (C=O) groups is 1. The summed E-state index contributed by atoms with van der Waals surface area (Å²) in [6.45, 7) is 7.89. The second-order valence-corrected chi connectivity index (χ2v) is 5.77. The zero-order chi connectivity index (χ0) is 17.1. The summed E-state index contributed by atoms with van der Waals surface area (Å²) in [6, 6.07) is 0. The lowest BCUT2D eigenvalue weighted by Crippen LogP contribution is -2.46. The lowest BCUT2D eigenvalue weighted by Gasteiger charge is -2.35. The Morgan fingerprint density at radius 1 is 1.25 bits per heavy atom. The normalized spacial score (nSPS) is 15.5. The summed E-state index contributed by atoms with van der Waals surface area (Å²) in [5.41, 5.74) is 1.87. The predicted octanol–water partition coefficient (Wildman–Crippen LogP) is 0.158. The fourth-order valence-electron chi connectivity index (χ4n) is 2.66. The van der Waals surface area contributed by atoms with Crippen molar-refractivity contribution in [2.45, 2.75) is 20.4 Å². The van der Waals surface area contributed by atoms with Crippen molar-refractivity contribution in [3.63, 3.8) is 0 Å². The lowest BCUT2D eigenvalue weighted by molar-refractivity contribution is 0.0950. The molecule has 1 saturated heterocycles. The van der Waals surface area contributed by atoms with Crippen molar-refractivity contribution in [1.29, 1.82) is 0 Å². The fourth-order valence-corrected chi connectivity index (χ4v) is 2.66. The molecule has 0 spiro atoms. The average Bonchev–Trinajstić information content (AvgIpc) is 3.05. The van der Waals surface area contributed by atoms with Crippen molar-refractivity contribution >= 4 is 11.7 Å². The van der Waals surface area contributed by atoms with Crippen LogP contribution in [0.1, 0.15) is 27.9 Å². The monoisotopic (exact) mass is 331 g/mol. The molecule has 0 saturated carbocycles. The summed E-state index contributed by atoms with van der Waals surface area (Å²) >= 11 is 0. The fraction of sp³-hybridized carbons (Fsp3) is 0.533. The Hall–Kier alpha value is -2.55. The van der Waals surface area contributed by atoms with Crippen molar-refractivity contribution in [1.82, 2.24) is 30.3 Å². The molecule has 128 valence electrons. The van der Waals surface area contributed by atoms with Gasteiger partial charge in [-0.3, -0.25) is 14.7 Å². The molecule has 2 aromatic rings. The molecule has 9 nitrogen and oxygen atoms in total. The van der Waals surface area contributed by atoms with Crippen LogP contribution in [0, 0.1) is 13.8 Å². The van der Waals surface area contributed by atoms with E-state index in [1.54, 1.807) is 6.20 Å². The van der Waals surface area contributed by atoms with E-state index in [-0.39, 0.29) is 11.7 Å². The third kappa shape index (κ3) is 3.51. The number of carbonyl (C=O) groups excluding carboxylic acids is 1. The number of aromatic nitrogens is 4. The van der Waals surface area contributed by atoms with Crippen LogP contribution in [0.25, 0.3) is 0 Å². The summed E-state index contributed by atoms with van der Waals surface area (Å²) in [5.74, 6) is 1.13. The molecule has 1 aliphatic rings. The minimum absolute atomic E-state index is 0.0665. The van der Waals surface area contributed by atoms with Crippen molar-refractivity contribution in [2.24, 2.45) is 0 Å². The molecule has 0 radical (unpaired) electrons. The molecule has 1 amide bonds. The highest BCUT2D eigenvalue weighted by molar-refractivity contribution is 5.89. The number of piperazine rings is 1. The Labute approximate surface area is 140 Å². The van der Waals surface area contributed by atoms with Crippen LogP contribution in [0.2, 0.25) is 0 Å². The molecule has 24 heavy (non-hydrogen) atoms. The SMILES string of the molecule is CNC(=O)c1noc(CN2CCN(c3nc(C)cnc3C)CC2)n1. The predicted molar refractivity (Wildman–Crippen MR) is 86.7 cm³/mol. The maximum Gasteiger partial charge on any atom is 0.292 e. The minimum atomic E-state index is -0.344. The summed E-state index contributed by atoms with van der Waals surface area (Å²) in [5, 5.41) is 6.16. The summed E-state index contributed by atoms with van der Waals surface area (Å²) in [7, 11) is 1.54. The van der Waals surface area contributed by atoms with Crippen LogP contribution in [0.3, 0.4) is 0 Å². The van der Waals surface area contributed by atoms with Gasteiger partial charge in [-0.1, -0.05) is 5.16 Å². The smallest absolute Gasteiger partial charge is 0.292 e. The molecule has 3 heterocycles. The van der Waals surface area contributed by atoms with Crippen LogP contribution in [-0.4, -0.2) is 64.1 Å². The van der Waals surface area contributed by atoms with E-state index >= 15 is 0 Å². The van der Waals surface area contributed by atoms with Gasteiger partial charge in [0.25, 0.3) is 11.7 Å². The third-order valence-corrected chi connectivity index (χ3v) is 3.98. The van der Waals surface area contributed by atoms with E-state index in [0.717, 1.165) is 43.4 Å². The minimum Gasteiger partial charge on any atom is -0.353 e. The van der Waals surface area contributed by atoms with Gasteiger partial charge in [-0.05, 0) is 13.8 Å². The maximum atomic E-state index is 11.4. The van der Waals surface area contributed by atoms with Gasteiger partial charge in [0.2, 0.25) is 5.89 Å². The highest BCUT2D eigenvalue weighted by Gasteiger charge is 2.22. The first-order valence-electron chi connectivity index (χ1n) is 7.89. The Balaban J connectivity index is 1.58. The molecule has 0 aromatic carbocycles. The van der Waals surface area contributed by atoms with Crippen LogP contribution in [0.4, 0.5) is 5.82 Å². The second kappa shape index (κ2) is 6.91. The number of amides is 1. The van der Waals surface area contributed by atoms with Gasteiger partial charge < -0.3 is 14.7 Å². The molecular weight excluding hydrogens is 310 g/mol. The van der Waals surface area contributed by atoms with Gasteiger partial charge in [-0.2, -0.15) is 4.98 Å². The third-order valence-electron chi connectivity index (χ3n) is 3.98. The van der Waals surface area contributed by atoms with Gasteiger partial charge in [0.1, 0.15) is 5.82 Å². The van der Waals surface area contributed by atoms with E-state index in [1.165, 1.54) is 7.05 Å². The first-order valence-corrected chi connectivity index (χ1v) is 7.89. The molecule has 2 aromatic heterocycles. The maximum absolute atomic E-state index is 11.4. The molecule has 0 unspecified atom stereocenters. The van der Waals surface area contributed by atoms with Crippen molar-refractivity contribution < 1.29 is 9.32 Å². The number of rotatable bonds is 4. The van der Waals surface area contributed by atoms with Gasteiger partial charge in [0.15, 0.2) is 0 Å². The first-order chi connectivity index (χ1) is 11.6. The van der Waals surface area contributed by atoms with Crippen LogP contribution in [0.15, 0.2) is 10.7 Å². The van der Waals surface area contributed by atoms with E-state index in [0.29, 0.717) is 12.4 Å². The summed E-state index contributed by atoms with van der Waals surface area (Å²) < 4.78 is 5.14. The van der Waals surface area contributed by atoms with Crippen LogP contribution < -0.4 is 10.2 Å². The molecule has 1 fully saturated rings. The first kappa shape index (κ1) is 16.3. The standard InChI is InChI=1S/C15H21N7O2/c1-10-8-17-11(2)14(18-10)22-6-4-21(5-7-22)9-12-19-13(20-24-12)15(23)16-3/h8H,4-7,9H2,1-3H3,(H,16,23). The summed E-state index contributed by atoms with van der Waals surface area (Å²) in [4.78, 5) is 29.0. The highest BCUT2D eigenvalue weighted by atomic mass is 16.5. The number of aryl methyl sites for hydroxylation is 2. The van der Waals surface area contributed by atoms with E-state index in [2.05, 4.69) is 35.2 Å². The molecule has 1 N–H and O–H groups in total. The Bertz CT molecular complexity index is 722. The van der Waals surface area contributed by atoms with Crippen molar-refractivity contribution in [3.8, 4) is 0 Å². The Morgan fingerprint density at radius 3 is 2.71 bits per heavy atom. The molecule has 0 bridgehead atoms. The number of anilines is 1. The van der Waals surface area contributed by atoms with E-state index in [9.17, 15) is 4.79 Å². The Kier molecular flexibility index (Phi) is 4.70. The van der Waals surface area contributed by atoms with Crippen molar-refractivity contribution in [3.05, 3.63) is 29.3 Å². The van der Waals surface area contributed by atoms with E-state index in [4.69, 9.17) is 4.52 Å². The molecule has 0 aliphatic carbocycles. The topological polar surface area (TPSA) is 100 Å². The summed E-state index contributed by atoms with van der Waals surface area (Å²) in [6.07, 6.45) is 1.79. The number of hydrogen-bond acceptors (Lipinski definition) is 8. The average molecular weight is 331 g/mol. The van der Waals surface area contributed by atoms with Gasteiger partial charge >= 0.3 is 0 Å². The zero-order valence-corrected chi connectivity index (χ0v) is 14.1.